The number of hydrogen-bond donors (Lipinski definition) is 3. The summed E-state index contributed by atoms with van der Waals surface area (Å²) in [7, 11) is 0. The molecular weight excluding hydrogens is 525 g/mol. The van der Waals surface area contributed by atoms with Crippen LogP contribution in [-0.4, -0.2) is 21.1 Å². The number of fused-ring (bicyclic) bond motifs is 1. The molecule has 4 aromatic rings. The van der Waals surface area contributed by atoms with Crippen LogP contribution in [0.5, 0.6) is 5.75 Å². The molecule has 0 spiro atoms. The van der Waals surface area contributed by atoms with Crippen LogP contribution in [0.25, 0.3) is 22.6 Å². The van der Waals surface area contributed by atoms with E-state index in [2.05, 4.69) is 45.1 Å². The van der Waals surface area contributed by atoms with Crippen LogP contribution < -0.4 is 10.6 Å². The number of oxazole rings is 1. The quantitative estimate of drug-likeness (QED) is 0.179. The average Bonchev–Trinajstić information content (AvgIpc) is 3.18. The van der Waals surface area contributed by atoms with Gasteiger partial charge < -0.3 is 14.8 Å². The minimum atomic E-state index is -0.299. The van der Waals surface area contributed by atoms with Crippen molar-refractivity contribution in [2.45, 2.75) is 13.3 Å². The zero-order valence-corrected chi connectivity index (χ0v) is 19.5. The normalized spacial score (nSPS) is 10.8. The van der Waals surface area contributed by atoms with Crippen molar-refractivity contribution in [2.75, 3.05) is 5.32 Å². The highest BCUT2D eigenvalue weighted by Crippen LogP contribution is 2.33. The van der Waals surface area contributed by atoms with E-state index in [4.69, 9.17) is 16.6 Å². The number of aromatic nitrogens is 1. The molecule has 0 unspecified atom stereocenters. The molecule has 156 valence electrons. The lowest BCUT2D eigenvalue weighted by molar-refractivity contribution is 0.0977. The Labute approximate surface area is 197 Å². The molecule has 1 heterocycles. The summed E-state index contributed by atoms with van der Waals surface area (Å²) >= 11 is 7.38. The van der Waals surface area contributed by atoms with E-state index in [0.29, 0.717) is 28.3 Å². The van der Waals surface area contributed by atoms with Crippen LogP contribution in [0, 0.1) is 3.57 Å². The number of thiocarbonyl (C=S) groups is 1. The van der Waals surface area contributed by atoms with E-state index in [1.165, 1.54) is 6.07 Å². The van der Waals surface area contributed by atoms with Crippen molar-refractivity contribution in [1.29, 1.82) is 0 Å². The van der Waals surface area contributed by atoms with Crippen LogP contribution in [0.3, 0.4) is 0 Å². The number of rotatable bonds is 4. The molecule has 1 aromatic heterocycles. The molecular formula is C23H18IN3O3S. The molecule has 6 nitrogen and oxygen atoms in total. The number of phenols is 1. The third-order valence-electron chi connectivity index (χ3n) is 4.69. The molecule has 0 radical (unpaired) electrons. The fourth-order valence-corrected chi connectivity index (χ4v) is 3.91. The van der Waals surface area contributed by atoms with Gasteiger partial charge in [0, 0.05) is 9.26 Å². The van der Waals surface area contributed by atoms with Gasteiger partial charge in [-0.05, 0) is 89.3 Å². The van der Waals surface area contributed by atoms with E-state index < -0.39 is 0 Å². The average molecular weight is 543 g/mol. The lowest BCUT2D eigenvalue weighted by Crippen LogP contribution is -2.34. The lowest BCUT2D eigenvalue weighted by Gasteiger charge is -2.11. The molecule has 3 aromatic carbocycles. The summed E-state index contributed by atoms with van der Waals surface area (Å²) in [6.45, 7) is 2.07. The Hall–Kier alpha value is -2.98. The number of hydrogen-bond acceptors (Lipinski definition) is 5. The number of carbonyl (C=O) groups excluding carboxylic acids is 1. The summed E-state index contributed by atoms with van der Waals surface area (Å²) < 4.78 is 6.66. The van der Waals surface area contributed by atoms with Gasteiger partial charge in [-0.25, -0.2) is 4.98 Å². The smallest absolute Gasteiger partial charge is 0.258 e. The Morgan fingerprint density at radius 2 is 1.97 bits per heavy atom. The van der Waals surface area contributed by atoms with E-state index in [1.54, 1.807) is 24.3 Å². The number of benzene rings is 3. The first-order chi connectivity index (χ1) is 14.9. The number of nitrogens with one attached hydrogen (secondary N) is 2. The van der Waals surface area contributed by atoms with Crippen LogP contribution in [0.4, 0.5) is 5.69 Å². The second-order valence-electron chi connectivity index (χ2n) is 6.79. The molecule has 31 heavy (non-hydrogen) atoms. The van der Waals surface area contributed by atoms with Crippen molar-refractivity contribution >= 4 is 62.6 Å². The minimum absolute atomic E-state index is 0.0293. The predicted octanol–water partition coefficient (Wildman–Crippen LogP) is 5.49. The molecule has 0 bridgehead atoms. The number of halogens is 1. The van der Waals surface area contributed by atoms with E-state index in [-0.39, 0.29) is 16.8 Å². The number of nitrogens with zero attached hydrogens (tertiary/aromatic N) is 1. The van der Waals surface area contributed by atoms with Gasteiger partial charge in [0.15, 0.2) is 10.7 Å². The minimum Gasteiger partial charge on any atom is -0.507 e. The number of anilines is 1. The number of aromatic hydroxyl groups is 1. The van der Waals surface area contributed by atoms with Crippen molar-refractivity contribution in [2.24, 2.45) is 0 Å². The first-order valence-corrected chi connectivity index (χ1v) is 11.0. The van der Waals surface area contributed by atoms with Gasteiger partial charge in [-0.1, -0.05) is 25.1 Å². The van der Waals surface area contributed by atoms with Gasteiger partial charge in [-0.15, -0.1) is 0 Å². The Morgan fingerprint density at radius 1 is 1.16 bits per heavy atom. The van der Waals surface area contributed by atoms with E-state index in [1.807, 2.05) is 30.3 Å². The van der Waals surface area contributed by atoms with Gasteiger partial charge in [0.25, 0.3) is 5.91 Å². The molecule has 0 saturated heterocycles. The van der Waals surface area contributed by atoms with E-state index >= 15 is 0 Å². The second kappa shape index (κ2) is 9.03. The predicted molar refractivity (Wildman–Crippen MR) is 133 cm³/mol. The van der Waals surface area contributed by atoms with Gasteiger partial charge in [0.05, 0.1) is 11.1 Å². The van der Waals surface area contributed by atoms with E-state index in [9.17, 15) is 9.90 Å². The van der Waals surface area contributed by atoms with Crippen molar-refractivity contribution in [3.8, 4) is 17.2 Å². The van der Waals surface area contributed by atoms with Crippen molar-refractivity contribution in [1.82, 2.24) is 10.3 Å². The molecule has 0 aliphatic rings. The fourth-order valence-electron chi connectivity index (χ4n) is 3.07. The molecule has 0 fully saturated rings. The highest BCUT2D eigenvalue weighted by molar-refractivity contribution is 14.1. The Morgan fingerprint density at radius 3 is 2.74 bits per heavy atom. The highest BCUT2D eigenvalue weighted by Gasteiger charge is 2.15. The molecule has 4 rings (SSSR count). The van der Waals surface area contributed by atoms with Crippen LogP contribution in [0.2, 0.25) is 0 Å². The molecule has 1 amide bonds. The van der Waals surface area contributed by atoms with Crippen molar-refractivity contribution < 1.29 is 14.3 Å². The summed E-state index contributed by atoms with van der Waals surface area (Å²) in [5, 5.41) is 16.1. The topological polar surface area (TPSA) is 87.4 Å². The van der Waals surface area contributed by atoms with Crippen LogP contribution in [0.15, 0.2) is 65.1 Å². The summed E-state index contributed by atoms with van der Waals surface area (Å²) in [4.78, 5) is 17.0. The largest absolute Gasteiger partial charge is 0.507 e. The van der Waals surface area contributed by atoms with Gasteiger partial charge in [0.2, 0.25) is 5.89 Å². The Bertz CT molecular complexity index is 1300. The highest BCUT2D eigenvalue weighted by atomic mass is 127. The number of amides is 1. The SMILES string of the molecule is CCc1ccc2oc(-c3cc(NC(=S)NC(=O)c4ccccc4I)ccc3O)nc2c1. The maximum atomic E-state index is 12.5. The van der Waals surface area contributed by atoms with Gasteiger partial charge in [-0.2, -0.15) is 0 Å². The number of phenolic OH excluding ortho intramolecular Hbond substituents is 1. The Balaban J connectivity index is 1.54. The molecule has 0 aliphatic heterocycles. The summed E-state index contributed by atoms with van der Waals surface area (Å²) in [6.07, 6.45) is 0.897. The van der Waals surface area contributed by atoms with Crippen LogP contribution >= 0.6 is 34.8 Å². The van der Waals surface area contributed by atoms with Crippen LogP contribution in [0.1, 0.15) is 22.8 Å². The van der Waals surface area contributed by atoms with Crippen molar-refractivity contribution in [3.63, 3.8) is 0 Å². The summed E-state index contributed by atoms with van der Waals surface area (Å²) in [5.74, 6) is 0.0343. The maximum absolute atomic E-state index is 12.5. The van der Waals surface area contributed by atoms with Crippen LogP contribution in [-0.2, 0) is 6.42 Å². The fraction of sp³-hybridized carbons (Fsp3) is 0.0870. The first-order valence-electron chi connectivity index (χ1n) is 9.54. The summed E-state index contributed by atoms with van der Waals surface area (Å²) in [5.41, 5.74) is 4.07. The summed E-state index contributed by atoms with van der Waals surface area (Å²) in [6, 6.07) is 17.9. The Kier molecular flexibility index (Phi) is 6.19. The first kappa shape index (κ1) is 21.3. The van der Waals surface area contributed by atoms with Crippen molar-refractivity contribution in [3.05, 3.63) is 75.4 Å². The second-order valence-corrected chi connectivity index (χ2v) is 8.37. The molecule has 0 atom stereocenters. The van der Waals surface area contributed by atoms with Gasteiger partial charge in [-0.3, -0.25) is 10.1 Å². The standard InChI is InChI=1S/C23H18IN3O3S/c1-2-13-7-10-20-18(11-13)26-22(30-20)16-12-14(8-9-19(16)28)25-23(31)27-21(29)15-5-3-4-6-17(15)24/h3-12,28H,2H2,1H3,(H2,25,27,29,31). The molecule has 0 aliphatic carbocycles. The zero-order valence-electron chi connectivity index (χ0n) is 16.5. The zero-order chi connectivity index (χ0) is 22.0. The molecule has 3 N–H and O–H groups in total. The number of aryl methyl sites for hydroxylation is 1. The lowest BCUT2D eigenvalue weighted by atomic mass is 10.1. The molecule has 8 heteroatoms. The third-order valence-corrected chi connectivity index (χ3v) is 5.84. The maximum Gasteiger partial charge on any atom is 0.258 e. The van der Waals surface area contributed by atoms with Gasteiger partial charge in [0.1, 0.15) is 11.3 Å². The third kappa shape index (κ3) is 4.70. The number of carbonyl (C=O) groups is 1. The van der Waals surface area contributed by atoms with Gasteiger partial charge >= 0.3 is 0 Å². The van der Waals surface area contributed by atoms with E-state index in [0.717, 1.165) is 21.1 Å². The molecule has 0 saturated carbocycles. The monoisotopic (exact) mass is 543 g/mol.